The summed E-state index contributed by atoms with van der Waals surface area (Å²) in [5, 5.41) is 8.96. The van der Waals surface area contributed by atoms with E-state index in [9.17, 15) is 9.59 Å². The number of amides is 1. The van der Waals surface area contributed by atoms with E-state index in [2.05, 4.69) is 22.1 Å². The van der Waals surface area contributed by atoms with Crippen molar-refractivity contribution in [3.8, 4) is 11.4 Å². The molecule has 1 saturated heterocycles. The molecule has 33 heavy (non-hydrogen) atoms. The summed E-state index contributed by atoms with van der Waals surface area (Å²) in [6.07, 6.45) is 6.49. The number of hydrogen-bond acceptors (Lipinski definition) is 8. The molecule has 10 heteroatoms. The first-order valence-corrected chi connectivity index (χ1v) is 11.5. The van der Waals surface area contributed by atoms with Crippen molar-refractivity contribution in [2.24, 2.45) is 0 Å². The third kappa shape index (κ3) is 4.70. The smallest absolute Gasteiger partial charge is 0.344 e. The zero-order valence-corrected chi connectivity index (χ0v) is 19.5. The Bertz CT molecular complexity index is 1140. The third-order valence-corrected chi connectivity index (χ3v) is 6.88. The highest BCUT2D eigenvalue weighted by Gasteiger charge is 2.33. The number of para-hydroxylation sites is 1. The molecular formula is C23H25N5O4S. The van der Waals surface area contributed by atoms with Crippen molar-refractivity contribution in [1.82, 2.24) is 24.9 Å². The van der Waals surface area contributed by atoms with Gasteiger partial charge in [-0.3, -0.25) is 4.79 Å². The first-order valence-electron chi connectivity index (χ1n) is 10.6. The van der Waals surface area contributed by atoms with Crippen molar-refractivity contribution in [1.29, 1.82) is 0 Å². The van der Waals surface area contributed by atoms with Crippen LogP contribution in [0.25, 0.3) is 5.69 Å². The average molecular weight is 468 g/mol. The number of thioether (sulfide) groups is 1. The topological polar surface area (TPSA) is 99.4 Å². The number of benzene rings is 1. The molecule has 0 saturated carbocycles. The number of carbonyl (C=O) groups excluding carboxylic acids is 2. The Kier molecular flexibility index (Phi) is 6.93. The van der Waals surface area contributed by atoms with E-state index in [-0.39, 0.29) is 17.2 Å². The van der Waals surface area contributed by atoms with Crippen molar-refractivity contribution >= 4 is 23.6 Å². The Hall–Kier alpha value is -3.40. The normalized spacial score (nSPS) is 18.1. The molecule has 3 heterocycles. The molecule has 0 N–H and O–H groups in total. The minimum Gasteiger partial charge on any atom is -0.496 e. The SMILES string of the molecule is COC(=O)c1c(OC)ccnc1S[C@@H]1CC[C@@H](C)N(C(=O)c2ccccc2-n2nccn2)C1. The molecule has 0 unspecified atom stereocenters. The molecule has 9 nitrogen and oxygen atoms in total. The van der Waals surface area contributed by atoms with E-state index in [4.69, 9.17) is 9.47 Å². The lowest BCUT2D eigenvalue weighted by atomic mass is 10.0. The van der Waals surface area contributed by atoms with Gasteiger partial charge >= 0.3 is 5.97 Å². The number of pyridine rings is 1. The lowest BCUT2D eigenvalue weighted by molar-refractivity contribution is 0.0589. The van der Waals surface area contributed by atoms with Gasteiger partial charge in [0, 0.05) is 24.0 Å². The summed E-state index contributed by atoms with van der Waals surface area (Å²) in [5.74, 6) is -0.162. The molecule has 1 aliphatic heterocycles. The van der Waals surface area contributed by atoms with Gasteiger partial charge in [0.15, 0.2) is 0 Å². The lowest BCUT2D eigenvalue weighted by Crippen LogP contribution is -2.47. The van der Waals surface area contributed by atoms with Crippen LogP contribution in [-0.4, -0.2) is 68.8 Å². The Morgan fingerprint density at radius 2 is 1.82 bits per heavy atom. The molecule has 2 atom stereocenters. The molecular weight excluding hydrogens is 442 g/mol. The Morgan fingerprint density at radius 1 is 1.06 bits per heavy atom. The largest absolute Gasteiger partial charge is 0.496 e. The van der Waals surface area contributed by atoms with Crippen molar-refractivity contribution in [2.75, 3.05) is 20.8 Å². The molecule has 0 aliphatic carbocycles. The summed E-state index contributed by atoms with van der Waals surface area (Å²) in [7, 11) is 2.84. The summed E-state index contributed by atoms with van der Waals surface area (Å²) in [6, 6.07) is 9.03. The molecule has 3 aromatic rings. The summed E-state index contributed by atoms with van der Waals surface area (Å²) in [6.45, 7) is 2.57. The Balaban J connectivity index is 1.58. The van der Waals surface area contributed by atoms with Crippen LogP contribution in [0.5, 0.6) is 5.75 Å². The van der Waals surface area contributed by atoms with Crippen LogP contribution < -0.4 is 4.74 Å². The van der Waals surface area contributed by atoms with Gasteiger partial charge in [-0.05, 0) is 38.0 Å². The highest BCUT2D eigenvalue weighted by molar-refractivity contribution is 8.00. The third-order valence-electron chi connectivity index (χ3n) is 5.63. The van der Waals surface area contributed by atoms with E-state index in [0.717, 1.165) is 12.8 Å². The molecule has 1 amide bonds. The summed E-state index contributed by atoms with van der Waals surface area (Å²) in [4.78, 5) is 33.7. The monoisotopic (exact) mass is 467 g/mol. The predicted octanol–water partition coefficient (Wildman–Crippen LogP) is 3.24. The van der Waals surface area contributed by atoms with E-state index in [1.807, 2.05) is 23.1 Å². The van der Waals surface area contributed by atoms with Crippen LogP contribution in [0, 0.1) is 0 Å². The maximum atomic E-state index is 13.6. The lowest BCUT2D eigenvalue weighted by Gasteiger charge is -2.38. The maximum absolute atomic E-state index is 13.6. The van der Waals surface area contributed by atoms with Crippen molar-refractivity contribution < 1.29 is 19.1 Å². The summed E-state index contributed by atoms with van der Waals surface area (Å²) >= 11 is 1.47. The van der Waals surface area contributed by atoms with Gasteiger partial charge in [-0.15, -0.1) is 11.8 Å². The van der Waals surface area contributed by atoms with Crippen LogP contribution in [0.4, 0.5) is 0 Å². The number of ether oxygens (including phenoxy) is 2. The van der Waals surface area contributed by atoms with Gasteiger partial charge in [0.1, 0.15) is 16.3 Å². The second-order valence-corrected chi connectivity index (χ2v) is 8.93. The molecule has 0 radical (unpaired) electrons. The fourth-order valence-corrected chi connectivity index (χ4v) is 5.14. The molecule has 0 bridgehead atoms. The van der Waals surface area contributed by atoms with Crippen molar-refractivity contribution in [3.63, 3.8) is 0 Å². The number of nitrogens with zero attached hydrogens (tertiary/aromatic N) is 5. The Labute approximate surface area is 196 Å². The van der Waals surface area contributed by atoms with Crippen LogP contribution in [0.1, 0.15) is 40.5 Å². The van der Waals surface area contributed by atoms with Crippen LogP contribution >= 0.6 is 11.8 Å². The quantitative estimate of drug-likeness (QED) is 0.510. The highest BCUT2D eigenvalue weighted by Crippen LogP contribution is 2.36. The minimum absolute atomic E-state index is 0.0585. The number of aromatic nitrogens is 4. The number of methoxy groups -OCH3 is 2. The van der Waals surface area contributed by atoms with Crippen LogP contribution in [0.3, 0.4) is 0 Å². The number of esters is 1. The number of hydrogen-bond donors (Lipinski definition) is 0. The van der Waals surface area contributed by atoms with Gasteiger partial charge < -0.3 is 14.4 Å². The van der Waals surface area contributed by atoms with Crippen molar-refractivity contribution in [3.05, 3.63) is 60.0 Å². The summed E-state index contributed by atoms with van der Waals surface area (Å²) in [5.41, 5.74) is 1.48. The van der Waals surface area contributed by atoms with Gasteiger partial charge in [-0.1, -0.05) is 12.1 Å². The molecule has 1 aromatic carbocycles. The zero-order valence-electron chi connectivity index (χ0n) is 18.7. The first kappa shape index (κ1) is 22.8. The minimum atomic E-state index is -0.500. The van der Waals surface area contributed by atoms with E-state index in [0.29, 0.717) is 34.1 Å². The number of piperidine rings is 1. The number of likely N-dealkylation sites (tertiary alicyclic amines) is 1. The van der Waals surface area contributed by atoms with Crippen LogP contribution in [-0.2, 0) is 4.74 Å². The molecule has 1 aliphatic rings. The van der Waals surface area contributed by atoms with E-state index in [1.54, 1.807) is 30.7 Å². The first-order chi connectivity index (χ1) is 16.0. The predicted molar refractivity (Wildman–Crippen MR) is 123 cm³/mol. The summed E-state index contributed by atoms with van der Waals surface area (Å²) < 4.78 is 10.3. The van der Waals surface area contributed by atoms with Gasteiger partial charge in [0.05, 0.1) is 37.9 Å². The molecule has 2 aromatic heterocycles. The average Bonchev–Trinajstić information content (AvgIpc) is 3.39. The highest BCUT2D eigenvalue weighted by atomic mass is 32.2. The fourth-order valence-electron chi connectivity index (χ4n) is 3.91. The molecule has 172 valence electrons. The molecule has 0 spiro atoms. The van der Waals surface area contributed by atoms with E-state index < -0.39 is 5.97 Å². The Morgan fingerprint density at radius 3 is 2.55 bits per heavy atom. The second kappa shape index (κ2) is 10.0. The van der Waals surface area contributed by atoms with Gasteiger partial charge in [-0.25, -0.2) is 9.78 Å². The molecule has 4 rings (SSSR count). The van der Waals surface area contributed by atoms with Gasteiger partial charge in [0.25, 0.3) is 5.91 Å². The standard InChI is InChI=1S/C23H25N5O4S/c1-15-8-9-16(33-21-20(23(30)32-3)19(31-2)10-11-24-21)14-27(15)22(29)17-6-4-5-7-18(17)28-25-12-13-26-28/h4-7,10-13,15-16H,8-9,14H2,1-3H3/t15-,16-/m1/s1. The van der Waals surface area contributed by atoms with Gasteiger partial charge in [-0.2, -0.15) is 15.0 Å². The molecule has 1 fully saturated rings. The number of carbonyl (C=O) groups is 2. The fraction of sp³-hybridized carbons (Fsp3) is 0.348. The maximum Gasteiger partial charge on any atom is 0.344 e. The van der Waals surface area contributed by atoms with Crippen LogP contribution in [0.15, 0.2) is 53.9 Å². The van der Waals surface area contributed by atoms with Gasteiger partial charge in [0.2, 0.25) is 0 Å². The van der Waals surface area contributed by atoms with E-state index in [1.165, 1.54) is 30.8 Å². The van der Waals surface area contributed by atoms with Crippen LogP contribution in [0.2, 0.25) is 0 Å². The zero-order chi connectivity index (χ0) is 23.4. The van der Waals surface area contributed by atoms with E-state index >= 15 is 0 Å². The van der Waals surface area contributed by atoms with Crippen molar-refractivity contribution in [2.45, 2.75) is 36.1 Å². The second-order valence-electron chi connectivity index (χ2n) is 7.64. The number of rotatable bonds is 6.